The molecular weight excluding hydrogens is 340 g/mol. The molecule has 1 aliphatic rings. The molecule has 1 heterocycles. The predicted molar refractivity (Wildman–Crippen MR) is 84.8 cm³/mol. The molecule has 132 valence electrons. The summed E-state index contributed by atoms with van der Waals surface area (Å²) >= 11 is 0. The number of ether oxygens (including phenoxy) is 2. The Kier molecular flexibility index (Phi) is 5.32. The molecule has 10 heteroatoms. The van der Waals surface area contributed by atoms with Gasteiger partial charge in [-0.25, -0.2) is 0 Å². The van der Waals surface area contributed by atoms with Crippen LogP contribution in [0.4, 0.5) is 0 Å². The summed E-state index contributed by atoms with van der Waals surface area (Å²) in [6, 6.07) is 4.78. The summed E-state index contributed by atoms with van der Waals surface area (Å²) in [6.07, 6.45) is 1.17. The molecule has 0 aromatic heterocycles. The molecule has 0 spiro atoms. The number of aliphatic hydroxyl groups is 1. The van der Waals surface area contributed by atoms with Gasteiger partial charge in [0.2, 0.25) is 11.4 Å². The van der Waals surface area contributed by atoms with E-state index >= 15 is 0 Å². The van der Waals surface area contributed by atoms with Crippen molar-refractivity contribution in [1.82, 2.24) is 10.2 Å². The van der Waals surface area contributed by atoms with Crippen molar-refractivity contribution in [3.63, 3.8) is 0 Å². The highest BCUT2D eigenvalue weighted by molar-refractivity contribution is 7.86. The van der Waals surface area contributed by atoms with Crippen LogP contribution in [0.25, 0.3) is 5.70 Å². The first kappa shape index (κ1) is 18.0. The van der Waals surface area contributed by atoms with Crippen LogP contribution in [0.15, 0.2) is 24.3 Å². The van der Waals surface area contributed by atoms with E-state index in [9.17, 15) is 22.9 Å². The van der Waals surface area contributed by atoms with Crippen molar-refractivity contribution in [2.24, 2.45) is 0 Å². The summed E-state index contributed by atoms with van der Waals surface area (Å²) in [5.41, 5.74) is -1.10. The molecule has 9 nitrogen and oxygen atoms in total. The maximum Gasteiger partial charge on any atom is 0.306 e. The zero-order valence-corrected chi connectivity index (χ0v) is 13.9. The minimum atomic E-state index is -4.63. The molecule has 1 unspecified atom stereocenters. The Balaban J connectivity index is 2.59. The highest BCUT2D eigenvalue weighted by atomic mass is 32.2. The Morgan fingerprint density at radius 2 is 2.00 bits per heavy atom. The summed E-state index contributed by atoms with van der Waals surface area (Å²) in [7, 11) is -1.73. The van der Waals surface area contributed by atoms with Crippen LogP contribution in [0.2, 0.25) is 0 Å². The number of aliphatic hydroxyl groups excluding tert-OH is 1. The zero-order valence-electron chi connectivity index (χ0n) is 13.1. The third-order valence-corrected chi connectivity index (χ3v) is 4.37. The Morgan fingerprint density at radius 3 is 2.54 bits per heavy atom. The number of rotatable bonds is 6. The maximum atomic E-state index is 11.9. The fourth-order valence-electron chi connectivity index (χ4n) is 2.40. The second-order valence-corrected chi connectivity index (χ2v) is 6.37. The molecule has 0 saturated carbocycles. The van der Waals surface area contributed by atoms with E-state index in [1.807, 2.05) is 0 Å². The Hall–Kier alpha value is -2.30. The molecule has 1 aliphatic heterocycles. The molecule has 1 aromatic rings. The molecule has 24 heavy (non-hydrogen) atoms. The molecule has 3 N–H and O–H groups in total. The lowest BCUT2D eigenvalue weighted by Gasteiger charge is -2.36. The van der Waals surface area contributed by atoms with E-state index in [0.29, 0.717) is 17.1 Å². The fourth-order valence-corrected chi connectivity index (χ4v) is 3.20. The number of nitrogens with zero attached hydrogens (tertiary/aromatic N) is 1. The molecule has 2 rings (SSSR count). The van der Waals surface area contributed by atoms with Gasteiger partial charge in [-0.3, -0.25) is 9.35 Å². The van der Waals surface area contributed by atoms with Crippen LogP contribution in [0.1, 0.15) is 5.56 Å². The predicted octanol–water partition coefficient (Wildman–Crippen LogP) is -0.360. The van der Waals surface area contributed by atoms with Gasteiger partial charge in [-0.15, -0.1) is 0 Å². The van der Waals surface area contributed by atoms with Gasteiger partial charge in [0.1, 0.15) is 11.5 Å². The second-order valence-electron chi connectivity index (χ2n) is 4.89. The number of nitrogens with one attached hydrogen (secondary N) is 1. The summed E-state index contributed by atoms with van der Waals surface area (Å²) in [5.74, 6) is 0.156. The van der Waals surface area contributed by atoms with Crippen molar-refractivity contribution >= 4 is 21.7 Å². The van der Waals surface area contributed by atoms with Gasteiger partial charge >= 0.3 is 10.1 Å². The SMILES string of the molecule is COc1ccc(C2=CC(=O)NC(S(=O)(=O)O)N2CCO)c(OC)c1. The third kappa shape index (κ3) is 3.61. The number of hydrogen-bond donors (Lipinski definition) is 3. The van der Waals surface area contributed by atoms with Gasteiger partial charge in [-0.05, 0) is 12.1 Å². The standard InChI is InChI=1S/C14H18N2O7S/c1-22-9-3-4-10(12(7-9)23-2)11-8-13(18)15-14(24(19,20)21)16(11)5-6-17/h3-4,7-8,14,17H,5-6H2,1-2H3,(H,15,18)(H,19,20,21). The number of benzene rings is 1. The molecule has 0 saturated heterocycles. The molecule has 0 radical (unpaired) electrons. The zero-order chi connectivity index (χ0) is 17.9. The molecule has 1 amide bonds. The second kappa shape index (κ2) is 7.07. The van der Waals surface area contributed by atoms with Gasteiger partial charge in [0, 0.05) is 24.3 Å². The van der Waals surface area contributed by atoms with Crippen molar-refractivity contribution in [2.45, 2.75) is 5.50 Å². The lowest BCUT2D eigenvalue weighted by atomic mass is 10.1. The Bertz CT molecular complexity index is 760. The monoisotopic (exact) mass is 358 g/mol. The van der Waals surface area contributed by atoms with E-state index < -0.39 is 28.1 Å². The van der Waals surface area contributed by atoms with Crippen molar-refractivity contribution in [2.75, 3.05) is 27.4 Å². The van der Waals surface area contributed by atoms with Crippen LogP contribution < -0.4 is 14.8 Å². The molecule has 0 bridgehead atoms. The van der Waals surface area contributed by atoms with Gasteiger partial charge in [-0.1, -0.05) is 0 Å². The van der Waals surface area contributed by atoms with Crippen molar-refractivity contribution in [3.05, 3.63) is 29.8 Å². The van der Waals surface area contributed by atoms with Crippen LogP contribution in [-0.4, -0.2) is 61.8 Å². The third-order valence-electron chi connectivity index (χ3n) is 3.43. The topological polar surface area (TPSA) is 125 Å². The van der Waals surface area contributed by atoms with E-state index in [2.05, 4.69) is 5.32 Å². The molecule has 0 aliphatic carbocycles. The number of carbonyl (C=O) groups excluding carboxylic acids is 1. The first-order valence-electron chi connectivity index (χ1n) is 6.90. The minimum Gasteiger partial charge on any atom is -0.497 e. The number of amides is 1. The lowest BCUT2D eigenvalue weighted by Crippen LogP contribution is -2.55. The van der Waals surface area contributed by atoms with Gasteiger partial charge in [0.05, 0.1) is 26.5 Å². The Morgan fingerprint density at radius 1 is 1.29 bits per heavy atom. The normalized spacial score (nSPS) is 18.0. The van der Waals surface area contributed by atoms with E-state index in [-0.39, 0.29) is 12.2 Å². The minimum absolute atomic E-state index is 0.133. The fraction of sp³-hybridized carbons (Fsp3) is 0.357. The first-order valence-corrected chi connectivity index (χ1v) is 8.40. The summed E-state index contributed by atoms with van der Waals surface area (Å²) in [4.78, 5) is 13.0. The van der Waals surface area contributed by atoms with Crippen LogP contribution in [0.5, 0.6) is 11.5 Å². The van der Waals surface area contributed by atoms with Crippen molar-refractivity contribution < 1.29 is 32.3 Å². The van der Waals surface area contributed by atoms with Crippen molar-refractivity contribution in [3.8, 4) is 11.5 Å². The van der Waals surface area contributed by atoms with Gasteiger partial charge < -0.3 is 24.8 Å². The number of hydrogen-bond acceptors (Lipinski definition) is 7. The lowest BCUT2D eigenvalue weighted by molar-refractivity contribution is -0.118. The molecular formula is C14H18N2O7S. The average Bonchev–Trinajstić information content (AvgIpc) is 2.54. The van der Waals surface area contributed by atoms with Gasteiger partial charge in [0.25, 0.3) is 0 Å². The quantitative estimate of drug-likeness (QED) is 0.589. The van der Waals surface area contributed by atoms with E-state index in [1.165, 1.54) is 25.2 Å². The van der Waals surface area contributed by atoms with Crippen LogP contribution in [0.3, 0.4) is 0 Å². The van der Waals surface area contributed by atoms with Crippen molar-refractivity contribution in [1.29, 1.82) is 0 Å². The number of methoxy groups -OCH3 is 2. The number of carbonyl (C=O) groups is 1. The maximum absolute atomic E-state index is 11.9. The molecule has 0 fully saturated rings. The van der Waals surface area contributed by atoms with E-state index in [0.717, 1.165) is 0 Å². The van der Waals surface area contributed by atoms with Crippen LogP contribution in [-0.2, 0) is 14.9 Å². The summed E-state index contributed by atoms with van der Waals surface area (Å²) < 4.78 is 42.9. The van der Waals surface area contributed by atoms with Gasteiger partial charge in [0.15, 0.2) is 0 Å². The summed E-state index contributed by atoms with van der Waals surface area (Å²) in [5, 5.41) is 11.4. The molecule has 1 aromatic carbocycles. The largest absolute Gasteiger partial charge is 0.497 e. The van der Waals surface area contributed by atoms with Crippen LogP contribution >= 0.6 is 0 Å². The first-order chi connectivity index (χ1) is 11.3. The van der Waals surface area contributed by atoms with Crippen LogP contribution in [0, 0.1) is 0 Å². The molecule has 1 atom stereocenters. The summed E-state index contributed by atoms with van der Waals surface area (Å²) in [6.45, 7) is -0.524. The Labute approximate surface area is 139 Å². The van der Waals surface area contributed by atoms with Gasteiger partial charge in [-0.2, -0.15) is 8.42 Å². The smallest absolute Gasteiger partial charge is 0.306 e. The number of β-amino-alcohol motifs (C(OH)–C–C–N with tert-alkyl or cyclic N) is 1. The van der Waals surface area contributed by atoms with E-state index in [1.54, 1.807) is 18.2 Å². The van der Waals surface area contributed by atoms with E-state index in [4.69, 9.17) is 9.47 Å². The highest BCUT2D eigenvalue weighted by Gasteiger charge is 2.37. The average molecular weight is 358 g/mol. The highest BCUT2D eigenvalue weighted by Crippen LogP contribution is 2.34.